The van der Waals surface area contributed by atoms with Gasteiger partial charge in [-0.3, -0.25) is 9.59 Å². The van der Waals surface area contributed by atoms with Crippen molar-refractivity contribution in [3.63, 3.8) is 0 Å². The van der Waals surface area contributed by atoms with Crippen molar-refractivity contribution in [1.29, 1.82) is 0 Å². The molecule has 0 aromatic carbocycles. The van der Waals surface area contributed by atoms with Crippen molar-refractivity contribution in [3.05, 3.63) is 12.2 Å². The Balaban J connectivity index is 0. The highest BCUT2D eigenvalue weighted by Crippen LogP contribution is 2.10. The van der Waals surface area contributed by atoms with Gasteiger partial charge in [0.05, 0.1) is 0 Å². The van der Waals surface area contributed by atoms with Gasteiger partial charge in [-0.05, 0) is 32.1 Å². The van der Waals surface area contributed by atoms with Gasteiger partial charge in [0.1, 0.15) is 6.61 Å². The Labute approximate surface area is 166 Å². The second-order valence-corrected chi connectivity index (χ2v) is 6.86. The summed E-state index contributed by atoms with van der Waals surface area (Å²) in [6, 6.07) is 0. The Morgan fingerprint density at radius 3 is 1.78 bits per heavy atom. The van der Waals surface area contributed by atoms with Crippen molar-refractivity contribution in [2.75, 3.05) is 13.2 Å². The predicted molar refractivity (Wildman–Crippen MR) is 113 cm³/mol. The molecule has 27 heavy (non-hydrogen) atoms. The monoisotopic (exact) mass is 385 g/mol. The van der Waals surface area contributed by atoms with Crippen LogP contribution in [0.5, 0.6) is 0 Å². The van der Waals surface area contributed by atoms with Gasteiger partial charge in [-0.25, -0.2) is 0 Å². The predicted octanol–water partition coefficient (Wildman–Crippen LogP) is 5.62. The molecule has 0 atom stereocenters. The first-order valence-electron chi connectivity index (χ1n) is 10.7. The first kappa shape index (κ1) is 27.9. The molecular weight excluding hydrogens is 342 g/mol. The maximum atomic E-state index is 11.2. The fourth-order valence-corrected chi connectivity index (χ4v) is 2.59. The van der Waals surface area contributed by atoms with Gasteiger partial charge in [0.25, 0.3) is 5.97 Å². The molecule has 0 saturated heterocycles. The van der Waals surface area contributed by atoms with Crippen LogP contribution in [0.1, 0.15) is 104 Å². The van der Waals surface area contributed by atoms with E-state index in [9.17, 15) is 4.79 Å². The molecule has 0 heterocycles. The summed E-state index contributed by atoms with van der Waals surface area (Å²) in [7, 11) is 0. The van der Waals surface area contributed by atoms with Crippen LogP contribution in [0.15, 0.2) is 12.2 Å². The number of carbonyl (C=O) groups excluding carboxylic acids is 1. The minimum absolute atomic E-state index is 0.104. The summed E-state index contributed by atoms with van der Waals surface area (Å²) in [5.41, 5.74) is 5.28. The number of carboxylic acid groups (broad SMARTS) is 1. The SMILES string of the molecule is CC(=O)O.CCCCCCCC/C=C\CCCCCCCC(=O)OCCN. The third-order valence-electron chi connectivity index (χ3n) is 4.02. The van der Waals surface area contributed by atoms with E-state index in [2.05, 4.69) is 19.1 Å². The van der Waals surface area contributed by atoms with Crippen LogP contribution in [0.2, 0.25) is 0 Å². The van der Waals surface area contributed by atoms with E-state index in [1.165, 1.54) is 70.6 Å². The third kappa shape index (κ3) is 32.7. The summed E-state index contributed by atoms with van der Waals surface area (Å²) < 4.78 is 4.94. The van der Waals surface area contributed by atoms with Gasteiger partial charge < -0.3 is 15.6 Å². The third-order valence-corrected chi connectivity index (χ3v) is 4.02. The maximum Gasteiger partial charge on any atom is 0.305 e. The molecule has 0 radical (unpaired) electrons. The van der Waals surface area contributed by atoms with Gasteiger partial charge in [-0.2, -0.15) is 0 Å². The van der Waals surface area contributed by atoms with Crippen LogP contribution in [-0.2, 0) is 14.3 Å². The van der Waals surface area contributed by atoms with Crippen molar-refractivity contribution >= 4 is 11.9 Å². The van der Waals surface area contributed by atoms with E-state index in [4.69, 9.17) is 20.4 Å². The lowest BCUT2D eigenvalue weighted by Gasteiger charge is -2.02. The smallest absolute Gasteiger partial charge is 0.305 e. The van der Waals surface area contributed by atoms with E-state index in [0.717, 1.165) is 19.8 Å². The zero-order chi connectivity index (χ0) is 20.6. The molecule has 0 aliphatic rings. The summed E-state index contributed by atoms with van der Waals surface area (Å²) in [5.74, 6) is -0.937. The summed E-state index contributed by atoms with van der Waals surface area (Å²) in [5, 5.41) is 7.42. The molecule has 0 rings (SSSR count). The van der Waals surface area contributed by atoms with Crippen LogP contribution in [0.3, 0.4) is 0 Å². The molecule has 0 bridgehead atoms. The minimum atomic E-state index is -0.833. The van der Waals surface area contributed by atoms with Gasteiger partial charge >= 0.3 is 5.97 Å². The molecule has 0 amide bonds. The van der Waals surface area contributed by atoms with Gasteiger partial charge in [-0.15, -0.1) is 0 Å². The van der Waals surface area contributed by atoms with Gasteiger partial charge in [0.2, 0.25) is 0 Å². The van der Waals surface area contributed by atoms with E-state index in [1.807, 2.05) is 0 Å². The number of carboxylic acids is 1. The average Bonchev–Trinajstić information content (AvgIpc) is 2.62. The fraction of sp³-hybridized carbons (Fsp3) is 0.818. The zero-order valence-electron chi connectivity index (χ0n) is 17.7. The molecule has 0 aromatic heterocycles. The van der Waals surface area contributed by atoms with E-state index in [0.29, 0.717) is 19.6 Å². The van der Waals surface area contributed by atoms with Crippen LogP contribution in [0.25, 0.3) is 0 Å². The maximum absolute atomic E-state index is 11.2. The van der Waals surface area contributed by atoms with Crippen LogP contribution < -0.4 is 5.73 Å². The highest BCUT2D eigenvalue weighted by molar-refractivity contribution is 5.69. The number of ether oxygens (including phenoxy) is 1. The molecule has 3 N–H and O–H groups in total. The van der Waals surface area contributed by atoms with Crippen molar-refractivity contribution in [3.8, 4) is 0 Å². The lowest BCUT2D eigenvalue weighted by atomic mass is 10.1. The molecular formula is C22H43NO4. The second kappa shape index (κ2) is 24.6. The molecule has 0 saturated carbocycles. The van der Waals surface area contributed by atoms with Crippen LogP contribution in [0.4, 0.5) is 0 Å². The number of esters is 1. The molecule has 0 aromatic rings. The number of rotatable bonds is 17. The Morgan fingerprint density at radius 1 is 0.852 bits per heavy atom. The lowest BCUT2D eigenvalue weighted by molar-refractivity contribution is -0.143. The number of aliphatic carboxylic acids is 1. The molecule has 0 fully saturated rings. The summed E-state index contributed by atoms with van der Waals surface area (Å²) in [4.78, 5) is 20.2. The van der Waals surface area contributed by atoms with Crippen LogP contribution in [0, 0.1) is 0 Å². The van der Waals surface area contributed by atoms with Crippen LogP contribution >= 0.6 is 0 Å². The standard InChI is InChI=1S/C20H39NO2.C2H4O2/c1-2-3-4-5-6-7-8-9-10-11-12-13-14-15-16-17-20(22)23-19-18-21;1-2(3)4/h9-10H,2-8,11-19,21H2,1H3;1H3,(H,3,4)/b10-9-;. The molecule has 160 valence electrons. The lowest BCUT2D eigenvalue weighted by Crippen LogP contribution is -2.13. The van der Waals surface area contributed by atoms with Crippen molar-refractivity contribution in [1.82, 2.24) is 0 Å². The van der Waals surface area contributed by atoms with E-state index < -0.39 is 5.97 Å². The number of hydrogen-bond acceptors (Lipinski definition) is 4. The molecule has 5 nitrogen and oxygen atoms in total. The number of unbranched alkanes of at least 4 members (excludes halogenated alkanes) is 11. The van der Waals surface area contributed by atoms with Gasteiger partial charge in [-0.1, -0.05) is 70.4 Å². The van der Waals surface area contributed by atoms with Gasteiger partial charge in [0.15, 0.2) is 0 Å². The Bertz CT molecular complexity index is 352. The van der Waals surface area contributed by atoms with Crippen LogP contribution in [-0.4, -0.2) is 30.2 Å². The second-order valence-electron chi connectivity index (χ2n) is 6.86. The largest absolute Gasteiger partial charge is 0.481 e. The summed E-state index contributed by atoms with van der Waals surface area (Å²) in [6.07, 6.45) is 21.8. The van der Waals surface area contributed by atoms with Crippen molar-refractivity contribution in [2.24, 2.45) is 5.73 Å². The number of carbonyl (C=O) groups is 2. The molecule has 0 aliphatic heterocycles. The number of hydrogen-bond donors (Lipinski definition) is 2. The zero-order valence-corrected chi connectivity index (χ0v) is 17.7. The number of nitrogens with two attached hydrogens (primary N) is 1. The van der Waals surface area contributed by atoms with Crippen molar-refractivity contribution in [2.45, 2.75) is 104 Å². The Morgan fingerprint density at radius 2 is 1.30 bits per heavy atom. The molecule has 0 spiro atoms. The summed E-state index contributed by atoms with van der Waals surface area (Å²) >= 11 is 0. The quantitative estimate of drug-likeness (QED) is 0.193. The van der Waals surface area contributed by atoms with E-state index >= 15 is 0 Å². The topological polar surface area (TPSA) is 89.6 Å². The fourth-order valence-electron chi connectivity index (χ4n) is 2.59. The van der Waals surface area contributed by atoms with E-state index in [1.54, 1.807) is 0 Å². The Kier molecular flexibility index (Phi) is 25.4. The first-order valence-corrected chi connectivity index (χ1v) is 10.7. The molecule has 5 heteroatoms. The van der Waals surface area contributed by atoms with Crippen molar-refractivity contribution < 1.29 is 19.4 Å². The molecule has 0 aliphatic carbocycles. The van der Waals surface area contributed by atoms with E-state index in [-0.39, 0.29) is 5.97 Å². The average molecular weight is 386 g/mol. The minimum Gasteiger partial charge on any atom is -0.481 e. The number of allylic oxidation sites excluding steroid dienone is 2. The highest BCUT2D eigenvalue weighted by atomic mass is 16.5. The molecule has 0 unspecified atom stereocenters. The normalized spacial score (nSPS) is 10.5. The summed E-state index contributed by atoms with van der Waals surface area (Å²) in [6.45, 7) is 4.11. The first-order chi connectivity index (χ1) is 13.0. The Hall–Kier alpha value is -1.36. The highest BCUT2D eigenvalue weighted by Gasteiger charge is 2.01. The van der Waals surface area contributed by atoms with Gasteiger partial charge in [0, 0.05) is 19.9 Å².